The Kier molecular flexibility index (Phi) is 6.65. The van der Waals surface area contributed by atoms with E-state index in [1.54, 1.807) is 55.6 Å². The number of urea groups is 1. The van der Waals surface area contributed by atoms with E-state index in [-0.39, 0.29) is 17.6 Å². The Hall–Kier alpha value is -3.58. The maximum absolute atomic E-state index is 12.0. The van der Waals surface area contributed by atoms with Gasteiger partial charge < -0.3 is 20.7 Å². The summed E-state index contributed by atoms with van der Waals surface area (Å²) in [7, 11) is 1.54. The van der Waals surface area contributed by atoms with E-state index in [9.17, 15) is 9.59 Å². The fraction of sp³-hybridized carbons (Fsp3) is 0.0952. The second kappa shape index (κ2) is 9.57. The number of ether oxygens (including phenoxy) is 1. The highest BCUT2D eigenvalue weighted by Gasteiger charge is 2.07. The Morgan fingerprint density at radius 2 is 1.83 bits per heavy atom. The molecule has 3 N–H and O–H groups in total. The topological polar surface area (TPSA) is 92.4 Å². The standard InChI is InChI=1S/C21H19ClN4O3/c1-23-20(27)19-12-18(9-10-24-19)29-17-7-5-14(6-8-17)13-25-21(28)26-16-4-2-3-15(22)11-16/h2-12H,13H2,1H3,(H,23,27)(H2,25,26,28). The van der Waals surface area contributed by atoms with Crippen molar-refractivity contribution in [2.45, 2.75) is 6.54 Å². The van der Waals surface area contributed by atoms with Crippen molar-refractivity contribution >= 4 is 29.2 Å². The van der Waals surface area contributed by atoms with Gasteiger partial charge in [-0.3, -0.25) is 9.78 Å². The van der Waals surface area contributed by atoms with Gasteiger partial charge in [-0.15, -0.1) is 0 Å². The molecule has 0 atom stereocenters. The number of carbonyl (C=O) groups excluding carboxylic acids is 2. The van der Waals surface area contributed by atoms with Gasteiger partial charge in [0, 0.05) is 36.6 Å². The van der Waals surface area contributed by atoms with Crippen LogP contribution in [0.2, 0.25) is 5.02 Å². The maximum Gasteiger partial charge on any atom is 0.319 e. The van der Waals surface area contributed by atoms with Crippen LogP contribution in [0, 0.1) is 0 Å². The summed E-state index contributed by atoms with van der Waals surface area (Å²) in [6.45, 7) is 0.350. The summed E-state index contributed by atoms with van der Waals surface area (Å²) in [6, 6.07) is 17.1. The quantitative estimate of drug-likeness (QED) is 0.567. The zero-order valence-corrected chi connectivity index (χ0v) is 16.4. The predicted molar refractivity (Wildman–Crippen MR) is 111 cm³/mol. The lowest BCUT2D eigenvalue weighted by molar-refractivity contribution is 0.0958. The first-order chi connectivity index (χ1) is 14.0. The molecular weight excluding hydrogens is 392 g/mol. The SMILES string of the molecule is CNC(=O)c1cc(Oc2ccc(CNC(=O)Nc3cccc(Cl)c3)cc2)ccn1. The molecule has 0 aliphatic rings. The number of pyridine rings is 1. The number of aromatic nitrogens is 1. The fourth-order valence-electron chi connectivity index (χ4n) is 2.46. The van der Waals surface area contributed by atoms with Crippen LogP contribution in [0.1, 0.15) is 16.1 Å². The minimum Gasteiger partial charge on any atom is -0.457 e. The van der Waals surface area contributed by atoms with E-state index in [0.29, 0.717) is 28.8 Å². The lowest BCUT2D eigenvalue weighted by Gasteiger charge is -2.10. The third kappa shape index (κ3) is 5.95. The van der Waals surface area contributed by atoms with Crippen molar-refractivity contribution in [3.05, 3.63) is 83.1 Å². The second-order valence-electron chi connectivity index (χ2n) is 6.02. The molecule has 0 unspecified atom stereocenters. The molecule has 0 radical (unpaired) electrons. The van der Waals surface area contributed by atoms with Crippen molar-refractivity contribution in [1.82, 2.24) is 15.6 Å². The number of nitrogens with zero attached hydrogens (tertiary/aromatic N) is 1. The molecule has 7 nitrogen and oxygen atoms in total. The van der Waals surface area contributed by atoms with Gasteiger partial charge in [0.15, 0.2) is 0 Å². The van der Waals surface area contributed by atoms with Crippen molar-refractivity contribution in [1.29, 1.82) is 0 Å². The summed E-state index contributed by atoms with van der Waals surface area (Å²) in [4.78, 5) is 27.6. The molecule has 0 fully saturated rings. The highest BCUT2D eigenvalue weighted by atomic mass is 35.5. The lowest BCUT2D eigenvalue weighted by Crippen LogP contribution is -2.28. The smallest absolute Gasteiger partial charge is 0.319 e. The minimum absolute atomic E-state index is 0.275. The van der Waals surface area contributed by atoms with Crippen molar-refractivity contribution in [2.75, 3.05) is 12.4 Å². The first kappa shape index (κ1) is 20.2. The van der Waals surface area contributed by atoms with Crippen LogP contribution < -0.4 is 20.7 Å². The number of anilines is 1. The molecule has 29 heavy (non-hydrogen) atoms. The molecule has 0 saturated carbocycles. The highest BCUT2D eigenvalue weighted by molar-refractivity contribution is 6.30. The van der Waals surface area contributed by atoms with Crippen LogP contribution >= 0.6 is 11.6 Å². The number of hydrogen-bond donors (Lipinski definition) is 3. The fourth-order valence-corrected chi connectivity index (χ4v) is 2.65. The molecule has 0 aliphatic carbocycles. The molecule has 1 aromatic heterocycles. The van der Waals surface area contributed by atoms with Crippen LogP contribution in [0.4, 0.5) is 10.5 Å². The number of halogens is 1. The van der Waals surface area contributed by atoms with Gasteiger partial charge in [0.1, 0.15) is 17.2 Å². The summed E-state index contributed by atoms with van der Waals surface area (Å²) in [5, 5.41) is 8.56. The van der Waals surface area contributed by atoms with Crippen LogP contribution in [-0.4, -0.2) is 24.0 Å². The number of hydrogen-bond acceptors (Lipinski definition) is 4. The molecule has 148 valence electrons. The van der Waals surface area contributed by atoms with Gasteiger partial charge in [0.05, 0.1) is 0 Å². The Morgan fingerprint density at radius 3 is 2.55 bits per heavy atom. The zero-order valence-electron chi connectivity index (χ0n) is 15.6. The summed E-state index contributed by atoms with van der Waals surface area (Å²) in [6.07, 6.45) is 1.51. The Labute approximate surface area is 173 Å². The normalized spacial score (nSPS) is 10.1. The van der Waals surface area contributed by atoms with E-state index in [1.165, 1.54) is 6.20 Å². The van der Waals surface area contributed by atoms with Crippen molar-refractivity contribution in [2.24, 2.45) is 0 Å². The van der Waals surface area contributed by atoms with E-state index in [4.69, 9.17) is 16.3 Å². The molecule has 8 heteroatoms. The van der Waals surface area contributed by atoms with Gasteiger partial charge in [-0.05, 0) is 42.0 Å². The van der Waals surface area contributed by atoms with E-state index >= 15 is 0 Å². The molecule has 2 aromatic carbocycles. The van der Waals surface area contributed by atoms with E-state index in [2.05, 4.69) is 20.9 Å². The zero-order chi connectivity index (χ0) is 20.6. The molecule has 0 aliphatic heterocycles. The first-order valence-corrected chi connectivity index (χ1v) is 9.16. The second-order valence-corrected chi connectivity index (χ2v) is 6.46. The molecule has 1 heterocycles. The van der Waals surface area contributed by atoms with Gasteiger partial charge >= 0.3 is 6.03 Å². The molecule has 0 saturated heterocycles. The largest absolute Gasteiger partial charge is 0.457 e. The number of nitrogens with one attached hydrogen (secondary N) is 3. The van der Waals surface area contributed by atoms with Crippen molar-refractivity contribution < 1.29 is 14.3 Å². The van der Waals surface area contributed by atoms with Gasteiger partial charge in [0.25, 0.3) is 5.91 Å². The molecule has 0 bridgehead atoms. The van der Waals surface area contributed by atoms with Crippen LogP contribution in [0.5, 0.6) is 11.5 Å². The van der Waals surface area contributed by atoms with Crippen LogP contribution in [0.3, 0.4) is 0 Å². The van der Waals surface area contributed by atoms with Gasteiger partial charge in [-0.25, -0.2) is 4.79 Å². The lowest BCUT2D eigenvalue weighted by atomic mass is 10.2. The molecule has 3 aromatic rings. The summed E-state index contributed by atoms with van der Waals surface area (Å²) < 4.78 is 5.75. The highest BCUT2D eigenvalue weighted by Crippen LogP contribution is 2.22. The molecular formula is C21H19ClN4O3. The third-order valence-corrected chi connectivity index (χ3v) is 4.12. The molecule has 3 amide bonds. The maximum atomic E-state index is 12.0. The van der Waals surface area contributed by atoms with Crippen molar-refractivity contribution in [3.8, 4) is 11.5 Å². The number of amides is 3. The molecule has 0 spiro atoms. The Bertz CT molecular complexity index is 1010. The van der Waals surface area contributed by atoms with Crippen LogP contribution in [0.25, 0.3) is 0 Å². The van der Waals surface area contributed by atoms with Gasteiger partial charge in [0.2, 0.25) is 0 Å². The average Bonchev–Trinajstić information content (AvgIpc) is 2.73. The van der Waals surface area contributed by atoms with E-state index in [0.717, 1.165) is 5.56 Å². The Balaban J connectivity index is 1.53. The number of benzene rings is 2. The minimum atomic E-state index is -0.328. The van der Waals surface area contributed by atoms with E-state index < -0.39 is 0 Å². The summed E-state index contributed by atoms with van der Waals surface area (Å²) in [5.74, 6) is 0.824. The van der Waals surface area contributed by atoms with Crippen LogP contribution in [-0.2, 0) is 6.54 Å². The van der Waals surface area contributed by atoms with E-state index in [1.807, 2.05) is 12.1 Å². The monoisotopic (exact) mass is 410 g/mol. The number of rotatable bonds is 6. The van der Waals surface area contributed by atoms with Gasteiger partial charge in [-0.1, -0.05) is 29.8 Å². The Morgan fingerprint density at radius 1 is 1.03 bits per heavy atom. The average molecular weight is 411 g/mol. The third-order valence-electron chi connectivity index (χ3n) is 3.89. The summed E-state index contributed by atoms with van der Waals surface area (Å²) in [5.41, 5.74) is 1.79. The molecule has 3 rings (SSSR count). The van der Waals surface area contributed by atoms with Gasteiger partial charge in [-0.2, -0.15) is 0 Å². The summed E-state index contributed by atoms with van der Waals surface area (Å²) >= 11 is 5.90. The van der Waals surface area contributed by atoms with Crippen LogP contribution in [0.15, 0.2) is 66.9 Å². The predicted octanol–water partition coefficient (Wildman–Crippen LogP) is 4.21. The van der Waals surface area contributed by atoms with Crippen molar-refractivity contribution in [3.63, 3.8) is 0 Å². The number of carbonyl (C=O) groups is 2. The first-order valence-electron chi connectivity index (χ1n) is 8.79.